The Kier molecular flexibility index (Phi) is 8.21. The van der Waals surface area contributed by atoms with Crippen molar-refractivity contribution in [3.63, 3.8) is 0 Å². The molecule has 1 aliphatic heterocycles. The number of benzene rings is 1. The van der Waals surface area contributed by atoms with E-state index in [9.17, 15) is 14.7 Å². The molecular formula is C16H21Br2N3O3. The molecule has 2 aromatic rings. The number of carbonyl (C=O) groups is 1. The lowest BCUT2D eigenvalue weighted by Crippen LogP contribution is -2.46. The number of piperidine rings is 1. The lowest BCUT2D eigenvalue weighted by atomic mass is 9.97. The Morgan fingerprint density at radius 2 is 2.08 bits per heavy atom. The molecule has 1 aromatic carbocycles. The fourth-order valence-electron chi connectivity index (χ4n) is 2.86. The molecule has 2 atom stereocenters. The second-order valence-electron chi connectivity index (χ2n) is 5.71. The van der Waals surface area contributed by atoms with Crippen molar-refractivity contribution in [2.75, 3.05) is 6.54 Å². The molecule has 0 saturated carbocycles. The minimum absolute atomic E-state index is 0. The zero-order chi connectivity index (χ0) is 15.5. The molecule has 0 radical (unpaired) electrons. The first-order valence-electron chi connectivity index (χ1n) is 7.52. The van der Waals surface area contributed by atoms with Gasteiger partial charge in [0.1, 0.15) is 0 Å². The number of carbonyl (C=O) groups excluding carboxylic acids is 1. The SMILES string of the molecule is Br.Br.O=C(CC1NCCCC1O)Cn1cnc2ccccc2c1=O. The van der Waals surface area contributed by atoms with Crippen molar-refractivity contribution >= 4 is 50.6 Å². The highest BCUT2D eigenvalue weighted by atomic mass is 79.9. The maximum absolute atomic E-state index is 12.3. The van der Waals surface area contributed by atoms with Crippen LogP contribution in [0.25, 0.3) is 10.9 Å². The van der Waals surface area contributed by atoms with Gasteiger partial charge in [0.25, 0.3) is 5.56 Å². The number of halogens is 2. The summed E-state index contributed by atoms with van der Waals surface area (Å²) in [5.74, 6) is -0.0855. The number of aliphatic hydroxyl groups is 1. The van der Waals surface area contributed by atoms with E-state index >= 15 is 0 Å². The fourth-order valence-corrected chi connectivity index (χ4v) is 2.86. The van der Waals surface area contributed by atoms with Crippen molar-refractivity contribution in [1.29, 1.82) is 0 Å². The normalized spacial score (nSPS) is 20.0. The van der Waals surface area contributed by atoms with Crippen LogP contribution in [0.15, 0.2) is 35.4 Å². The summed E-state index contributed by atoms with van der Waals surface area (Å²) >= 11 is 0. The summed E-state index contributed by atoms with van der Waals surface area (Å²) in [4.78, 5) is 28.7. The van der Waals surface area contributed by atoms with Gasteiger partial charge < -0.3 is 10.4 Å². The summed E-state index contributed by atoms with van der Waals surface area (Å²) in [5, 5.41) is 13.5. The lowest BCUT2D eigenvalue weighted by Gasteiger charge is -2.28. The fraction of sp³-hybridized carbons (Fsp3) is 0.438. The van der Waals surface area contributed by atoms with Gasteiger partial charge in [0.2, 0.25) is 0 Å². The molecule has 2 unspecified atom stereocenters. The van der Waals surface area contributed by atoms with E-state index in [1.807, 2.05) is 6.07 Å². The van der Waals surface area contributed by atoms with Crippen molar-refractivity contribution in [2.45, 2.75) is 38.0 Å². The number of aromatic nitrogens is 2. The number of para-hydroxylation sites is 1. The van der Waals surface area contributed by atoms with Crippen LogP contribution < -0.4 is 10.9 Å². The Hall–Kier alpha value is -1.09. The number of ketones is 1. The molecule has 1 aromatic heterocycles. The number of Topliss-reactive ketones (excluding diaryl/α,β-unsaturated/α-hetero) is 1. The number of nitrogens with one attached hydrogen (secondary N) is 1. The van der Waals surface area contributed by atoms with Crippen LogP contribution in [0.4, 0.5) is 0 Å². The van der Waals surface area contributed by atoms with E-state index in [2.05, 4.69) is 10.3 Å². The van der Waals surface area contributed by atoms with Gasteiger partial charge >= 0.3 is 0 Å². The molecular weight excluding hydrogens is 442 g/mol. The molecule has 0 bridgehead atoms. The number of rotatable bonds is 4. The quantitative estimate of drug-likeness (QED) is 0.721. The average Bonchev–Trinajstić information content (AvgIpc) is 2.53. The number of hydrogen-bond acceptors (Lipinski definition) is 5. The zero-order valence-electron chi connectivity index (χ0n) is 13.1. The zero-order valence-corrected chi connectivity index (χ0v) is 16.5. The molecule has 24 heavy (non-hydrogen) atoms. The van der Waals surface area contributed by atoms with Crippen molar-refractivity contribution in [3.8, 4) is 0 Å². The molecule has 1 saturated heterocycles. The van der Waals surface area contributed by atoms with Crippen LogP contribution in [0.1, 0.15) is 19.3 Å². The van der Waals surface area contributed by atoms with Crippen molar-refractivity contribution in [1.82, 2.24) is 14.9 Å². The summed E-state index contributed by atoms with van der Waals surface area (Å²) < 4.78 is 1.33. The van der Waals surface area contributed by atoms with Crippen LogP contribution in [0, 0.1) is 0 Å². The third kappa shape index (κ3) is 4.72. The first kappa shape index (κ1) is 21.0. The van der Waals surface area contributed by atoms with E-state index < -0.39 is 6.10 Å². The van der Waals surface area contributed by atoms with Crippen molar-refractivity contribution in [2.24, 2.45) is 0 Å². The van der Waals surface area contributed by atoms with Crippen LogP contribution in [-0.4, -0.2) is 39.1 Å². The van der Waals surface area contributed by atoms with E-state index in [0.29, 0.717) is 17.3 Å². The Bertz CT molecular complexity index is 751. The van der Waals surface area contributed by atoms with E-state index in [0.717, 1.165) is 13.0 Å². The first-order valence-corrected chi connectivity index (χ1v) is 7.52. The van der Waals surface area contributed by atoms with Gasteiger partial charge in [-0.2, -0.15) is 0 Å². The van der Waals surface area contributed by atoms with Crippen LogP contribution in [-0.2, 0) is 11.3 Å². The highest BCUT2D eigenvalue weighted by Gasteiger charge is 2.24. The Balaban J connectivity index is 0.00000144. The van der Waals surface area contributed by atoms with Crippen LogP contribution in [0.5, 0.6) is 0 Å². The number of nitrogens with zero attached hydrogens (tertiary/aromatic N) is 2. The van der Waals surface area contributed by atoms with Gasteiger partial charge in [-0.1, -0.05) is 12.1 Å². The molecule has 0 aliphatic carbocycles. The van der Waals surface area contributed by atoms with Gasteiger partial charge in [-0.3, -0.25) is 14.2 Å². The van der Waals surface area contributed by atoms with Gasteiger partial charge in [-0.15, -0.1) is 34.0 Å². The van der Waals surface area contributed by atoms with E-state index in [-0.39, 0.29) is 64.3 Å². The van der Waals surface area contributed by atoms with Gasteiger partial charge in [-0.05, 0) is 31.5 Å². The average molecular weight is 463 g/mol. The van der Waals surface area contributed by atoms with Crippen molar-refractivity contribution < 1.29 is 9.90 Å². The molecule has 8 heteroatoms. The molecule has 2 heterocycles. The highest BCUT2D eigenvalue weighted by molar-refractivity contribution is 8.93. The van der Waals surface area contributed by atoms with E-state index in [1.165, 1.54) is 10.9 Å². The molecule has 2 N–H and O–H groups in total. The predicted molar refractivity (Wildman–Crippen MR) is 103 cm³/mol. The maximum atomic E-state index is 12.3. The van der Waals surface area contributed by atoms with Gasteiger partial charge in [0.05, 0.1) is 29.9 Å². The van der Waals surface area contributed by atoms with E-state index in [4.69, 9.17) is 0 Å². The predicted octanol–water partition coefficient (Wildman–Crippen LogP) is 1.62. The Morgan fingerprint density at radius 1 is 1.33 bits per heavy atom. The summed E-state index contributed by atoms with van der Waals surface area (Å²) in [5.41, 5.74) is 0.414. The van der Waals surface area contributed by atoms with Gasteiger partial charge in [0, 0.05) is 12.5 Å². The topological polar surface area (TPSA) is 84.2 Å². The molecule has 132 valence electrons. The minimum atomic E-state index is -0.496. The monoisotopic (exact) mass is 461 g/mol. The third-order valence-corrected chi connectivity index (χ3v) is 4.07. The lowest BCUT2D eigenvalue weighted by molar-refractivity contribution is -0.121. The van der Waals surface area contributed by atoms with E-state index in [1.54, 1.807) is 18.2 Å². The molecule has 0 amide bonds. The standard InChI is InChI=1S/C16H19N3O3.2BrH/c20-11(8-14-15(21)6-3-7-17-14)9-19-10-18-13-5-2-1-4-12(13)16(19)22;;/h1-2,4-5,10,14-15,17,21H,3,6-9H2;2*1H. The summed E-state index contributed by atoms with van der Waals surface area (Å²) in [7, 11) is 0. The molecule has 0 spiro atoms. The van der Waals surface area contributed by atoms with Gasteiger partial charge in [0.15, 0.2) is 5.78 Å². The number of aliphatic hydroxyl groups excluding tert-OH is 1. The summed E-state index contributed by atoms with van der Waals surface area (Å²) in [6.07, 6.45) is 2.76. The van der Waals surface area contributed by atoms with Crippen LogP contribution >= 0.6 is 34.0 Å². The van der Waals surface area contributed by atoms with Crippen molar-refractivity contribution in [3.05, 3.63) is 40.9 Å². The molecule has 3 rings (SSSR count). The Labute approximate surface area is 160 Å². The number of fused-ring (bicyclic) bond motifs is 1. The summed E-state index contributed by atoms with van der Waals surface area (Å²) in [6, 6.07) is 6.86. The Morgan fingerprint density at radius 3 is 2.83 bits per heavy atom. The van der Waals surface area contributed by atoms with Gasteiger partial charge in [-0.25, -0.2) is 4.98 Å². The number of hydrogen-bond donors (Lipinski definition) is 2. The maximum Gasteiger partial charge on any atom is 0.261 e. The third-order valence-electron chi connectivity index (χ3n) is 4.07. The summed E-state index contributed by atoms with van der Waals surface area (Å²) in [6.45, 7) is 0.800. The largest absolute Gasteiger partial charge is 0.391 e. The highest BCUT2D eigenvalue weighted by Crippen LogP contribution is 2.12. The second-order valence-corrected chi connectivity index (χ2v) is 5.71. The molecule has 1 aliphatic rings. The smallest absolute Gasteiger partial charge is 0.261 e. The first-order chi connectivity index (χ1) is 10.6. The molecule has 6 nitrogen and oxygen atoms in total. The van der Waals surface area contributed by atoms with Crippen LogP contribution in [0.2, 0.25) is 0 Å². The van der Waals surface area contributed by atoms with Crippen LogP contribution in [0.3, 0.4) is 0 Å². The second kappa shape index (κ2) is 9.41. The molecule has 1 fully saturated rings. The minimum Gasteiger partial charge on any atom is -0.391 e.